The number of rotatable bonds is 5. The molecule has 0 spiro atoms. The Bertz CT molecular complexity index is 1370. The van der Waals surface area contributed by atoms with Gasteiger partial charge in [0.1, 0.15) is 11.6 Å². The van der Waals surface area contributed by atoms with E-state index in [-0.39, 0.29) is 27.5 Å². The maximum Gasteiger partial charge on any atom is 0.268 e. The third-order valence-electron chi connectivity index (χ3n) is 4.30. The number of aromatic nitrogens is 3. The third kappa shape index (κ3) is 4.76. The van der Waals surface area contributed by atoms with Crippen LogP contribution in [-0.4, -0.2) is 34.7 Å². The Morgan fingerprint density at radius 2 is 1.77 bits per heavy atom. The van der Waals surface area contributed by atoms with Gasteiger partial charge in [-0.3, -0.25) is 14.8 Å². The Labute approximate surface area is 178 Å². The Kier molecular flexibility index (Phi) is 5.85. The molecule has 3 N–H and O–H groups in total. The highest BCUT2D eigenvalue weighted by Gasteiger charge is 2.16. The molecule has 0 saturated heterocycles. The number of sulfonamides is 1. The highest BCUT2D eigenvalue weighted by molar-refractivity contribution is 7.92. The first-order chi connectivity index (χ1) is 14.6. The molecule has 0 amide bonds. The monoisotopic (exact) mass is 438 g/mol. The summed E-state index contributed by atoms with van der Waals surface area (Å²) < 4.78 is 27.5. The van der Waals surface area contributed by atoms with Gasteiger partial charge in [0.15, 0.2) is 0 Å². The van der Waals surface area contributed by atoms with Gasteiger partial charge in [-0.25, -0.2) is 23.1 Å². The highest BCUT2D eigenvalue weighted by atomic mass is 32.2. The number of aliphatic imine (C=N–C) groups is 1. The number of nitriles is 1. The molecular weight excluding hydrogens is 420 g/mol. The number of pyridine rings is 1. The van der Waals surface area contributed by atoms with E-state index in [2.05, 4.69) is 24.7 Å². The summed E-state index contributed by atoms with van der Waals surface area (Å²) in [4.78, 5) is 26.1. The molecule has 1 aromatic carbocycles. The van der Waals surface area contributed by atoms with Gasteiger partial charge in [-0.15, -0.1) is 0 Å². The first kappa shape index (κ1) is 21.7. The van der Waals surface area contributed by atoms with Crippen LogP contribution in [0.2, 0.25) is 0 Å². The van der Waals surface area contributed by atoms with Crippen LogP contribution < -0.4 is 10.3 Å². The number of anilines is 1. The number of benzene rings is 1. The maximum absolute atomic E-state index is 12.6. The molecule has 10 nitrogen and oxygen atoms in total. The summed E-state index contributed by atoms with van der Waals surface area (Å²) in [6.45, 7) is 4.99. The first-order valence-corrected chi connectivity index (χ1v) is 10.4. The fourth-order valence-electron chi connectivity index (χ4n) is 2.81. The van der Waals surface area contributed by atoms with E-state index in [4.69, 9.17) is 5.26 Å². The molecule has 11 heteroatoms. The number of hydrogen-bond donors (Lipinski definition) is 3. The van der Waals surface area contributed by atoms with Crippen LogP contribution in [0, 0.1) is 32.1 Å². The van der Waals surface area contributed by atoms with Crippen molar-refractivity contribution in [2.75, 3.05) is 4.72 Å². The zero-order chi connectivity index (χ0) is 22.8. The summed E-state index contributed by atoms with van der Waals surface area (Å²) in [5.74, 6) is -0.431. The minimum Gasteiger partial charge on any atom is -0.494 e. The molecule has 0 aliphatic rings. The van der Waals surface area contributed by atoms with Gasteiger partial charge in [-0.05, 0) is 56.7 Å². The minimum atomic E-state index is -3.90. The Hall–Kier alpha value is -4.04. The second kappa shape index (κ2) is 8.37. The van der Waals surface area contributed by atoms with Crippen molar-refractivity contribution >= 4 is 27.9 Å². The van der Waals surface area contributed by atoms with E-state index < -0.39 is 21.5 Å². The minimum absolute atomic E-state index is 0.0101. The molecule has 31 heavy (non-hydrogen) atoms. The van der Waals surface area contributed by atoms with Gasteiger partial charge in [0.2, 0.25) is 11.8 Å². The number of nitrogens with zero attached hydrogens (tertiary/aromatic N) is 4. The number of aryl methyl sites for hydroxylation is 2. The van der Waals surface area contributed by atoms with E-state index in [1.165, 1.54) is 37.4 Å². The van der Waals surface area contributed by atoms with Gasteiger partial charge in [-0.1, -0.05) is 0 Å². The molecule has 0 atom stereocenters. The second-order valence-corrected chi connectivity index (χ2v) is 8.34. The van der Waals surface area contributed by atoms with Crippen LogP contribution in [0.25, 0.3) is 0 Å². The highest BCUT2D eigenvalue weighted by Crippen LogP contribution is 2.21. The first-order valence-electron chi connectivity index (χ1n) is 8.96. The van der Waals surface area contributed by atoms with Crippen molar-refractivity contribution in [3.63, 3.8) is 0 Å². The molecule has 2 aromatic heterocycles. The molecule has 0 unspecified atom stereocenters. The summed E-state index contributed by atoms with van der Waals surface area (Å²) in [6, 6.07) is 9.16. The average Bonchev–Trinajstić information content (AvgIpc) is 2.67. The van der Waals surface area contributed by atoms with Crippen LogP contribution in [0.3, 0.4) is 0 Å². The van der Waals surface area contributed by atoms with E-state index in [1.54, 1.807) is 26.0 Å². The van der Waals surface area contributed by atoms with Crippen LogP contribution in [0.5, 0.6) is 5.88 Å². The number of nitrogens with one attached hydrogen (secondary N) is 2. The maximum atomic E-state index is 12.6. The Morgan fingerprint density at radius 3 is 2.35 bits per heavy atom. The quantitative estimate of drug-likeness (QED) is 0.514. The predicted octanol–water partition coefficient (Wildman–Crippen LogP) is 2.22. The Morgan fingerprint density at radius 1 is 1.16 bits per heavy atom. The van der Waals surface area contributed by atoms with Crippen molar-refractivity contribution in [1.29, 1.82) is 5.26 Å². The van der Waals surface area contributed by atoms with Gasteiger partial charge in [0, 0.05) is 17.6 Å². The summed E-state index contributed by atoms with van der Waals surface area (Å²) in [7, 11) is -3.90. The number of aromatic hydroxyl groups is 1. The zero-order valence-electron chi connectivity index (χ0n) is 16.8. The lowest BCUT2D eigenvalue weighted by molar-refractivity contribution is 0.450. The smallest absolute Gasteiger partial charge is 0.268 e. The van der Waals surface area contributed by atoms with Gasteiger partial charge >= 0.3 is 0 Å². The fraction of sp³-hybridized carbons (Fsp3) is 0.150. The molecule has 2 heterocycles. The third-order valence-corrected chi connectivity index (χ3v) is 5.65. The van der Waals surface area contributed by atoms with Crippen molar-refractivity contribution in [2.45, 2.75) is 25.7 Å². The van der Waals surface area contributed by atoms with Crippen molar-refractivity contribution < 1.29 is 13.5 Å². The molecule has 3 rings (SSSR count). The molecule has 0 fully saturated rings. The lowest BCUT2D eigenvalue weighted by Crippen LogP contribution is -2.15. The molecule has 3 aromatic rings. The van der Waals surface area contributed by atoms with E-state index in [0.29, 0.717) is 17.1 Å². The van der Waals surface area contributed by atoms with Gasteiger partial charge < -0.3 is 5.11 Å². The summed E-state index contributed by atoms with van der Waals surface area (Å²) in [5, 5.41) is 19.0. The van der Waals surface area contributed by atoms with Crippen molar-refractivity contribution in [1.82, 2.24) is 15.0 Å². The van der Waals surface area contributed by atoms with Crippen LogP contribution >= 0.6 is 0 Å². The molecule has 158 valence electrons. The van der Waals surface area contributed by atoms with Crippen LogP contribution in [0.4, 0.5) is 11.6 Å². The van der Waals surface area contributed by atoms with E-state index >= 15 is 0 Å². The molecule has 0 aliphatic carbocycles. The SMILES string of the molecule is Cc1cc(C)nc(NS(=O)(=O)c2ccc(N=Cc3c(O)[nH]c(=O)c(C#N)c3C)cc2)n1. The number of hydrogen-bond acceptors (Lipinski definition) is 8. The van der Waals surface area contributed by atoms with Crippen LogP contribution in [0.1, 0.15) is 28.1 Å². The van der Waals surface area contributed by atoms with Gasteiger partial charge in [0.25, 0.3) is 15.6 Å². The summed E-state index contributed by atoms with van der Waals surface area (Å²) in [5.41, 5.74) is 1.31. The van der Waals surface area contributed by atoms with Gasteiger partial charge in [-0.2, -0.15) is 5.26 Å². The lowest BCUT2D eigenvalue weighted by atomic mass is 10.1. The molecule has 0 aliphatic heterocycles. The standard InChI is InChI=1S/C20H18N6O4S/c1-11-8-12(2)24-20(23-11)26-31(29,30)15-6-4-14(5-7-15)22-10-17-13(3)16(9-21)18(27)25-19(17)28/h4-8,10H,1-3H3,(H,23,24,26)(H2,25,27,28). The molecular formula is C20H18N6O4S. The molecule has 0 bridgehead atoms. The van der Waals surface area contributed by atoms with E-state index in [0.717, 1.165) is 0 Å². The lowest BCUT2D eigenvalue weighted by Gasteiger charge is -2.08. The zero-order valence-corrected chi connectivity index (χ0v) is 17.6. The predicted molar refractivity (Wildman–Crippen MR) is 114 cm³/mol. The topological polar surface area (TPSA) is 161 Å². The van der Waals surface area contributed by atoms with Gasteiger partial charge in [0.05, 0.1) is 16.1 Å². The van der Waals surface area contributed by atoms with Crippen molar-refractivity contribution in [3.05, 3.63) is 68.8 Å². The molecule has 0 radical (unpaired) electrons. The van der Waals surface area contributed by atoms with E-state index in [9.17, 15) is 18.3 Å². The van der Waals surface area contributed by atoms with Crippen LogP contribution in [0.15, 0.2) is 45.0 Å². The van der Waals surface area contributed by atoms with Crippen molar-refractivity contribution in [3.8, 4) is 11.9 Å². The second-order valence-electron chi connectivity index (χ2n) is 6.66. The van der Waals surface area contributed by atoms with E-state index in [1.807, 2.05) is 0 Å². The number of H-pyrrole nitrogens is 1. The average molecular weight is 438 g/mol. The van der Waals surface area contributed by atoms with Crippen molar-refractivity contribution in [2.24, 2.45) is 4.99 Å². The summed E-state index contributed by atoms with van der Waals surface area (Å²) in [6.07, 6.45) is 1.28. The number of aromatic amines is 1. The molecule has 0 saturated carbocycles. The largest absolute Gasteiger partial charge is 0.494 e. The normalized spacial score (nSPS) is 11.4. The van der Waals surface area contributed by atoms with Crippen LogP contribution in [-0.2, 0) is 10.0 Å². The summed E-state index contributed by atoms with van der Waals surface area (Å²) >= 11 is 0. The fourth-order valence-corrected chi connectivity index (χ4v) is 3.76. The Balaban J connectivity index is 1.85.